The summed E-state index contributed by atoms with van der Waals surface area (Å²) in [7, 11) is 0. The Morgan fingerprint density at radius 3 is 1.68 bits per heavy atom. The minimum Gasteiger partial charge on any atom is -0.549 e. The van der Waals surface area contributed by atoms with Crippen LogP contribution in [-0.4, -0.2) is 11.9 Å². The zero-order valence-corrected chi connectivity index (χ0v) is 17.0. The second kappa shape index (κ2) is 12.7. The fraction of sp³-hybridized carbons (Fsp3) is 0.846. The van der Waals surface area contributed by atoms with Crippen molar-refractivity contribution in [2.24, 2.45) is 11.3 Å². The van der Waals surface area contributed by atoms with Crippen LogP contribution in [0.2, 0.25) is 0 Å². The third-order valence-electron chi connectivity index (χ3n) is 3.39. The zero-order chi connectivity index (χ0) is 13.5. The van der Waals surface area contributed by atoms with E-state index in [4.69, 9.17) is 0 Å². The van der Waals surface area contributed by atoms with Crippen LogP contribution in [0.25, 0.3) is 0 Å². The van der Waals surface area contributed by atoms with Crippen LogP contribution in [0, 0.1) is 11.3 Å². The average Bonchev–Trinajstić information content (AvgIpc) is 2.21. The van der Waals surface area contributed by atoms with E-state index in [1.54, 1.807) is 13.8 Å². The molecule has 6 heteroatoms. The van der Waals surface area contributed by atoms with Crippen molar-refractivity contribution in [3.8, 4) is 0 Å². The first-order chi connectivity index (χ1) is 7.89. The van der Waals surface area contributed by atoms with Crippen LogP contribution in [0.1, 0.15) is 59.3 Å². The molecule has 0 N–H and O–H groups in total. The summed E-state index contributed by atoms with van der Waals surface area (Å²) in [6.45, 7) is 5.25. The van der Waals surface area contributed by atoms with E-state index in [1.165, 1.54) is 0 Å². The van der Waals surface area contributed by atoms with Gasteiger partial charge in [0.2, 0.25) is 0 Å². The van der Waals surface area contributed by atoms with Gasteiger partial charge in [0.15, 0.2) is 0 Å². The number of carboxylic acids is 2. The van der Waals surface area contributed by atoms with E-state index in [9.17, 15) is 19.8 Å². The smallest absolute Gasteiger partial charge is 0.549 e. The Labute approximate surface area is 160 Å². The number of hydrogen-bond donors (Lipinski definition) is 0. The van der Waals surface area contributed by atoms with Gasteiger partial charge in [0, 0.05) is 0 Å². The number of carboxylic acid groups (broad SMARTS) is 2. The molecule has 0 aromatic rings. The molecule has 0 heterocycles. The van der Waals surface area contributed by atoms with Crippen molar-refractivity contribution in [2.75, 3.05) is 0 Å². The Morgan fingerprint density at radius 2 is 1.37 bits per heavy atom. The van der Waals surface area contributed by atoms with E-state index in [0.717, 1.165) is 25.7 Å². The van der Waals surface area contributed by atoms with Crippen LogP contribution < -0.4 is 69.3 Å². The Morgan fingerprint density at radius 1 is 0.947 bits per heavy atom. The largest absolute Gasteiger partial charge is 1.00 e. The molecule has 0 unspecified atom stereocenters. The van der Waals surface area contributed by atoms with Crippen LogP contribution in [0.15, 0.2) is 0 Å². The number of unbranched alkanes of at least 4 members (excludes halogenated alkanes) is 4. The maximum Gasteiger partial charge on any atom is 1.00 e. The maximum atomic E-state index is 11.1. The van der Waals surface area contributed by atoms with E-state index in [2.05, 4.69) is 6.92 Å². The number of aliphatic carboxylic acids is 2. The van der Waals surface area contributed by atoms with E-state index in [-0.39, 0.29) is 65.5 Å². The monoisotopic (exact) mass is 288 g/mol. The van der Waals surface area contributed by atoms with Gasteiger partial charge in [-0.05, 0) is 12.3 Å². The van der Waals surface area contributed by atoms with Gasteiger partial charge in [0.05, 0.1) is 17.4 Å². The van der Waals surface area contributed by atoms with Crippen LogP contribution in [0.5, 0.6) is 0 Å². The predicted molar refractivity (Wildman–Crippen MR) is 60.7 cm³/mol. The van der Waals surface area contributed by atoms with Crippen molar-refractivity contribution in [1.29, 1.82) is 0 Å². The van der Waals surface area contributed by atoms with Gasteiger partial charge in [-0.3, -0.25) is 0 Å². The molecule has 0 atom stereocenters. The van der Waals surface area contributed by atoms with Gasteiger partial charge in [0.1, 0.15) is 0 Å². The predicted octanol–water partition coefficient (Wildman–Crippen LogP) is -5.50. The van der Waals surface area contributed by atoms with Crippen molar-refractivity contribution >= 4 is 11.9 Å². The second-order valence-corrected chi connectivity index (χ2v) is 4.87. The Bertz CT molecular complexity index is 253. The van der Waals surface area contributed by atoms with Crippen LogP contribution in [-0.2, 0) is 9.59 Å². The van der Waals surface area contributed by atoms with E-state index in [1.807, 2.05) is 0 Å². The minimum absolute atomic E-state index is 0. The molecular formula is C13H22Na2O4. The molecule has 0 aromatic carbocycles. The average molecular weight is 288 g/mol. The molecule has 0 aliphatic heterocycles. The topological polar surface area (TPSA) is 80.3 Å². The summed E-state index contributed by atoms with van der Waals surface area (Å²) in [5, 5.41) is 22.2. The van der Waals surface area contributed by atoms with Crippen molar-refractivity contribution < 1.29 is 78.9 Å². The van der Waals surface area contributed by atoms with E-state index >= 15 is 0 Å². The zero-order valence-electron chi connectivity index (χ0n) is 13.0. The van der Waals surface area contributed by atoms with Crippen molar-refractivity contribution in [3.05, 3.63) is 0 Å². The fourth-order valence-electron chi connectivity index (χ4n) is 2.05. The van der Waals surface area contributed by atoms with Crippen molar-refractivity contribution in [1.82, 2.24) is 0 Å². The van der Waals surface area contributed by atoms with Crippen LogP contribution >= 0.6 is 0 Å². The molecular weight excluding hydrogens is 266 g/mol. The molecule has 0 fully saturated rings. The van der Waals surface area contributed by atoms with Crippen molar-refractivity contribution in [3.63, 3.8) is 0 Å². The second-order valence-electron chi connectivity index (χ2n) is 4.87. The summed E-state index contributed by atoms with van der Waals surface area (Å²) in [6, 6.07) is 0. The third kappa shape index (κ3) is 7.49. The molecule has 0 radical (unpaired) electrons. The molecule has 0 spiro atoms. The third-order valence-corrected chi connectivity index (χ3v) is 3.39. The first-order valence-corrected chi connectivity index (χ1v) is 6.32. The maximum absolute atomic E-state index is 11.1. The minimum atomic E-state index is -1.84. The summed E-state index contributed by atoms with van der Waals surface area (Å²) in [4.78, 5) is 22.2. The number of carbonyl (C=O) groups excluding carboxylic acids is 2. The normalized spacial score (nSPS) is 10.5. The van der Waals surface area contributed by atoms with Gasteiger partial charge in [-0.25, -0.2) is 0 Å². The Hall–Kier alpha value is 0.940. The molecule has 0 aliphatic carbocycles. The van der Waals surface area contributed by atoms with Crippen molar-refractivity contribution in [2.45, 2.75) is 59.3 Å². The van der Waals surface area contributed by atoms with Crippen LogP contribution in [0.4, 0.5) is 0 Å². The molecule has 0 aliphatic rings. The Balaban J connectivity index is -0.00000128. The van der Waals surface area contributed by atoms with E-state index < -0.39 is 23.3 Å². The molecule has 0 rings (SSSR count). The fourth-order valence-corrected chi connectivity index (χ4v) is 2.05. The molecule has 0 aromatic heterocycles. The van der Waals surface area contributed by atoms with Gasteiger partial charge < -0.3 is 19.8 Å². The van der Waals surface area contributed by atoms with Crippen LogP contribution in [0.3, 0.4) is 0 Å². The molecule has 100 valence electrons. The molecule has 0 amide bonds. The van der Waals surface area contributed by atoms with E-state index in [0.29, 0.717) is 6.42 Å². The number of carbonyl (C=O) groups is 2. The first kappa shape index (κ1) is 24.9. The summed E-state index contributed by atoms with van der Waals surface area (Å²) >= 11 is 0. The molecule has 4 nitrogen and oxygen atoms in total. The Kier molecular flexibility index (Phi) is 16.6. The van der Waals surface area contributed by atoms with Gasteiger partial charge >= 0.3 is 59.1 Å². The van der Waals surface area contributed by atoms with Gasteiger partial charge in [0.25, 0.3) is 0 Å². The molecule has 0 saturated carbocycles. The summed E-state index contributed by atoms with van der Waals surface area (Å²) < 4.78 is 0. The number of hydrogen-bond acceptors (Lipinski definition) is 4. The summed E-state index contributed by atoms with van der Waals surface area (Å²) in [6.07, 6.45) is 4.72. The number of rotatable bonds is 9. The first-order valence-electron chi connectivity index (χ1n) is 6.32. The SMILES string of the molecule is CCCCCCCC(C(=O)[O-])(C(=O)[O-])C(C)C.[Na+].[Na+]. The molecule has 0 saturated heterocycles. The summed E-state index contributed by atoms with van der Waals surface area (Å²) in [5.41, 5.74) is -1.84. The quantitative estimate of drug-likeness (QED) is 0.241. The molecule has 0 bridgehead atoms. The van der Waals surface area contributed by atoms with Gasteiger partial charge in [-0.15, -0.1) is 0 Å². The standard InChI is InChI=1S/C13H24O4.2Na/c1-4-5-6-7-8-9-13(10(2)3,11(14)15)12(16)17;;/h10H,4-9H2,1-3H3,(H,14,15)(H,16,17);;/q;2*+1/p-2. The van der Waals surface area contributed by atoms with Gasteiger partial charge in [-0.2, -0.15) is 0 Å². The van der Waals surface area contributed by atoms with Gasteiger partial charge in [-0.1, -0.05) is 52.9 Å². The molecule has 19 heavy (non-hydrogen) atoms. The summed E-state index contributed by atoms with van der Waals surface area (Å²) in [5.74, 6) is -3.57.